The molecule has 2 heterocycles. The molecule has 0 atom stereocenters. The molecule has 0 radical (unpaired) electrons. The van der Waals surface area contributed by atoms with Crippen LogP contribution in [-0.4, -0.2) is 17.4 Å². The number of carbonyl (C=O) groups excluding carboxylic acids is 1. The van der Waals surface area contributed by atoms with Crippen molar-refractivity contribution in [2.45, 2.75) is 31.6 Å². The van der Waals surface area contributed by atoms with Crippen molar-refractivity contribution in [1.29, 1.82) is 0 Å². The molecule has 0 saturated heterocycles. The number of rotatable bonds is 2. The molecule has 0 spiro atoms. The molecule has 2 aliphatic rings. The molecule has 2 aromatic carbocycles. The van der Waals surface area contributed by atoms with Crippen molar-refractivity contribution >= 4 is 53.0 Å². The predicted octanol–water partition coefficient (Wildman–Crippen LogP) is 5.27. The molecular formula is C22H22Cl2FN3O. The van der Waals surface area contributed by atoms with Crippen molar-refractivity contribution in [3.63, 3.8) is 0 Å². The van der Waals surface area contributed by atoms with Gasteiger partial charge in [0.1, 0.15) is 5.82 Å². The topological polar surface area (TPSA) is 59.2 Å². The lowest BCUT2D eigenvalue weighted by molar-refractivity contribution is 0.0986. The van der Waals surface area contributed by atoms with Crippen molar-refractivity contribution in [3.05, 3.63) is 65.1 Å². The number of pyridine rings is 1. The van der Waals surface area contributed by atoms with Crippen LogP contribution in [-0.2, 0) is 6.42 Å². The number of halogens is 3. The number of aromatic nitrogens is 1. The Bertz CT molecular complexity index is 1090. The van der Waals surface area contributed by atoms with Gasteiger partial charge in [-0.3, -0.25) is 9.78 Å². The fourth-order valence-corrected chi connectivity index (χ4v) is 3.99. The average molecular weight is 434 g/mol. The first kappa shape index (κ1) is 21.3. The van der Waals surface area contributed by atoms with Gasteiger partial charge in [0, 0.05) is 34.9 Å². The van der Waals surface area contributed by atoms with Crippen LogP contribution >= 0.6 is 24.8 Å². The van der Waals surface area contributed by atoms with E-state index in [1.807, 2.05) is 24.3 Å². The maximum atomic E-state index is 13.9. The lowest BCUT2D eigenvalue weighted by Gasteiger charge is -2.30. The minimum absolute atomic E-state index is 0. The molecule has 1 aromatic heterocycles. The molecule has 7 heteroatoms. The Kier molecular flexibility index (Phi) is 6.01. The molecule has 1 aliphatic carbocycles. The molecule has 1 fully saturated rings. The summed E-state index contributed by atoms with van der Waals surface area (Å²) in [5.41, 5.74) is 10.9. The zero-order valence-corrected chi connectivity index (χ0v) is 17.4. The number of nitrogen functional groups attached to an aromatic ring is 1. The Morgan fingerprint density at radius 2 is 1.93 bits per heavy atom. The molecule has 0 bridgehead atoms. The van der Waals surface area contributed by atoms with Gasteiger partial charge in [0.15, 0.2) is 0 Å². The molecular weight excluding hydrogens is 412 g/mol. The predicted molar refractivity (Wildman–Crippen MR) is 119 cm³/mol. The maximum absolute atomic E-state index is 13.9. The van der Waals surface area contributed by atoms with Gasteiger partial charge in [-0.2, -0.15) is 0 Å². The summed E-state index contributed by atoms with van der Waals surface area (Å²) in [5.74, 6) is -0.0578. The van der Waals surface area contributed by atoms with Crippen LogP contribution in [0.5, 0.6) is 0 Å². The molecule has 1 aliphatic heterocycles. The Hall–Kier alpha value is -2.37. The van der Waals surface area contributed by atoms with Crippen LogP contribution in [0.4, 0.5) is 15.8 Å². The number of carbonyl (C=O) groups is 1. The highest BCUT2D eigenvalue weighted by Crippen LogP contribution is 2.41. The first-order valence-electron chi connectivity index (χ1n) is 9.41. The maximum Gasteiger partial charge on any atom is 0.259 e. The fraction of sp³-hybridized carbons (Fsp3) is 0.273. The van der Waals surface area contributed by atoms with E-state index in [-0.39, 0.29) is 36.5 Å². The highest BCUT2D eigenvalue weighted by molar-refractivity contribution is 6.14. The number of fused-ring (bicyclic) bond motifs is 2. The van der Waals surface area contributed by atoms with E-state index in [0.717, 1.165) is 42.6 Å². The standard InChI is InChI=1S/C22H20FN3O.2ClH/c23-14-8-9-19-16(11-14)17(12-20(25-19)13-6-7-13)22(27)26-10-2-3-15-18(24)4-1-5-21(15)26;;/h1,4-5,8-9,11-13H,2-3,6-7,10,24H2;2*1H. The third-order valence-electron chi connectivity index (χ3n) is 5.55. The van der Waals surface area contributed by atoms with E-state index in [4.69, 9.17) is 5.73 Å². The summed E-state index contributed by atoms with van der Waals surface area (Å²) in [6.45, 7) is 0.632. The Labute approximate surface area is 181 Å². The number of nitrogens with two attached hydrogens (primary N) is 1. The summed E-state index contributed by atoms with van der Waals surface area (Å²) in [6.07, 6.45) is 3.91. The highest BCUT2D eigenvalue weighted by Gasteiger charge is 2.30. The second-order valence-electron chi connectivity index (χ2n) is 7.44. The third-order valence-corrected chi connectivity index (χ3v) is 5.55. The van der Waals surface area contributed by atoms with E-state index in [2.05, 4.69) is 4.98 Å². The van der Waals surface area contributed by atoms with E-state index < -0.39 is 0 Å². The average Bonchev–Trinajstić information content (AvgIpc) is 3.52. The van der Waals surface area contributed by atoms with Gasteiger partial charge in [0.2, 0.25) is 0 Å². The monoisotopic (exact) mass is 433 g/mol. The molecule has 5 rings (SSSR count). The van der Waals surface area contributed by atoms with Crippen LogP contribution in [0.25, 0.3) is 10.9 Å². The van der Waals surface area contributed by atoms with E-state index in [1.54, 1.807) is 11.0 Å². The van der Waals surface area contributed by atoms with Gasteiger partial charge in [0.05, 0.1) is 11.1 Å². The summed E-state index contributed by atoms with van der Waals surface area (Å²) >= 11 is 0. The summed E-state index contributed by atoms with van der Waals surface area (Å²) < 4.78 is 13.9. The zero-order valence-electron chi connectivity index (χ0n) is 15.7. The smallest absolute Gasteiger partial charge is 0.259 e. The minimum atomic E-state index is -0.360. The second kappa shape index (κ2) is 8.17. The lowest BCUT2D eigenvalue weighted by Crippen LogP contribution is -2.36. The normalized spacial score (nSPS) is 15.3. The van der Waals surface area contributed by atoms with Crippen LogP contribution in [0.2, 0.25) is 0 Å². The lowest BCUT2D eigenvalue weighted by atomic mass is 9.98. The first-order valence-corrected chi connectivity index (χ1v) is 9.41. The van der Waals surface area contributed by atoms with E-state index in [9.17, 15) is 9.18 Å². The van der Waals surface area contributed by atoms with Crippen LogP contribution in [0.15, 0.2) is 42.5 Å². The highest BCUT2D eigenvalue weighted by atomic mass is 35.5. The SMILES string of the molecule is Cl.Cl.Nc1cccc2c1CCCN2C(=O)c1cc(C2CC2)nc2ccc(F)cc12. The largest absolute Gasteiger partial charge is 0.398 e. The summed E-state index contributed by atoms with van der Waals surface area (Å²) in [7, 11) is 0. The van der Waals surface area contributed by atoms with Crippen molar-refractivity contribution in [2.24, 2.45) is 0 Å². The van der Waals surface area contributed by atoms with Gasteiger partial charge < -0.3 is 10.6 Å². The number of anilines is 2. The molecule has 152 valence electrons. The number of hydrogen-bond acceptors (Lipinski definition) is 3. The first-order chi connectivity index (χ1) is 13.1. The van der Waals surface area contributed by atoms with Crippen molar-refractivity contribution in [3.8, 4) is 0 Å². The van der Waals surface area contributed by atoms with Crippen molar-refractivity contribution < 1.29 is 9.18 Å². The quantitative estimate of drug-likeness (QED) is 0.559. The van der Waals surface area contributed by atoms with Crippen LogP contribution < -0.4 is 10.6 Å². The summed E-state index contributed by atoms with van der Waals surface area (Å²) in [5, 5.41) is 0.570. The van der Waals surface area contributed by atoms with Crippen LogP contribution in [0, 0.1) is 5.82 Å². The van der Waals surface area contributed by atoms with Gasteiger partial charge in [-0.05, 0) is 67.6 Å². The Morgan fingerprint density at radius 1 is 1.14 bits per heavy atom. The zero-order chi connectivity index (χ0) is 18.5. The Morgan fingerprint density at radius 3 is 2.69 bits per heavy atom. The van der Waals surface area contributed by atoms with E-state index >= 15 is 0 Å². The van der Waals surface area contributed by atoms with E-state index in [1.165, 1.54) is 12.1 Å². The molecule has 1 saturated carbocycles. The number of benzene rings is 2. The van der Waals surface area contributed by atoms with Gasteiger partial charge in [-0.15, -0.1) is 24.8 Å². The molecule has 3 aromatic rings. The number of amides is 1. The van der Waals surface area contributed by atoms with Crippen molar-refractivity contribution in [1.82, 2.24) is 4.98 Å². The van der Waals surface area contributed by atoms with Gasteiger partial charge >= 0.3 is 0 Å². The fourth-order valence-electron chi connectivity index (χ4n) is 3.99. The van der Waals surface area contributed by atoms with Crippen molar-refractivity contribution in [2.75, 3.05) is 17.2 Å². The van der Waals surface area contributed by atoms with Gasteiger partial charge in [-0.25, -0.2) is 4.39 Å². The van der Waals surface area contributed by atoms with Crippen LogP contribution in [0.1, 0.15) is 46.8 Å². The number of nitrogens with zero attached hydrogens (tertiary/aromatic N) is 2. The molecule has 4 nitrogen and oxygen atoms in total. The molecule has 29 heavy (non-hydrogen) atoms. The summed E-state index contributed by atoms with van der Waals surface area (Å²) in [6, 6.07) is 12.0. The minimum Gasteiger partial charge on any atom is -0.398 e. The number of hydrogen-bond donors (Lipinski definition) is 1. The summed E-state index contributed by atoms with van der Waals surface area (Å²) in [4.78, 5) is 20.0. The molecule has 0 unspecified atom stereocenters. The molecule has 1 amide bonds. The Balaban J connectivity index is 0.00000120. The second-order valence-corrected chi connectivity index (χ2v) is 7.44. The van der Waals surface area contributed by atoms with Gasteiger partial charge in [0.25, 0.3) is 5.91 Å². The molecule has 2 N–H and O–H groups in total. The third kappa shape index (κ3) is 3.77. The van der Waals surface area contributed by atoms with Gasteiger partial charge in [-0.1, -0.05) is 6.07 Å². The van der Waals surface area contributed by atoms with Crippen LogP contribution in [0.3, 0.4) is 0 Å². The van der Waals surface area contributed by atoms with E-state index in [0.29, 0.717) is 34.6 Å².